The van der Waals surface area contributed by atoms with E-state index >= 15 is 0 Å². The molecular weight excluding hydrogens is 256 g/mol. The molecule has 0 N–H and O–H groups in total. The van der Waals surface area contributed by atoms with Crippen molar-refractivity contribution in [2.45, 2.75) is 39.2 Å². The summed E-state index contributed by atoms with van der Waals surface area (Å²) >= 11 is 3.41. The van der Waals surface area contributed by atoms with Gasteiger partial charge in [-0.2, -0.15) is 5.10 Å². The highest BCUT2D eigenvalue weighted by Crippen LogP contribution is 2.09. The van der Waals surface area contributed by atoms with Crippen molar-refractivity contribution in [3.63, 3.8) is 0 Å². The molecule has 1 heterocycles. The van der Waals surface area contributed by atoms with E-state index in [2.05, 4.69) is 28.0 Å². The van der Waals surface area contributed by atoms with Gasteiger partial charge in [-0.1, -0.05) is 22.9 Å². The maximum absolute atomic E-state index is 5.58. The van der Waals surface area contributed by atoms with Crippen LogP contribution in [0.2, 0.25) is 0 Å². The van der Waals surface area contributed by atoms with E-state index < -0.39 is 0 Å². The molecule has 0 aromatic carbocycles. The Kier molecular flexibility index (Phi) is 6.48. The molecule has 1 rings (SSSR count). The normalized spacial score (nSPS) is 10.5. The van der Waals surface area contributed by atoms with Gasteiger partial charge in [-0.25, -0.2) is 0 Å². The second kappa shape index (κ2) is 7.74. The molecule has 0 saturated heterocycles. The lowest BCUT2D eigenvalue weighted by atomic mass is 10.3. The van der Waals surface area contributed by atoms with E-state index in [0.717, 1.165) is 37.1 Å². The summed E-state index contributed by atoms with van der Waals surface area (Å²) in [7, 11) is 0. The number of nitrogens with zero attached hydrogens (tertiary/aromatic N) is 2. The van der Waals surface area contributed by atoms with Gasteiger partial charge in [0.15, 0.2) is 5.75 Å². The quantitative estimate of drug-likeness (QED) is 0.538. The molecule has 0 aliphatic carbocycles. The van der Waals surface area contributed by atoms with Gasteiger partial charge in [0.05, 0.1) is 19.0 Å². The van der Waals surface area contributed by atoms with E-state index in [1.807, 2.05) is 10.9 Å². The molecule has 0 fully saturated rings. The minimum absolute atomic E-state index is 0.796. The largest absolute Gasteiger partial charge is 0.490 e. The monoisotopic (exact) mass is 274 g/mol. The number of aromatic nitrogens is 2. The fourth-order valence-electron chi connectivity index (χ4n) is 1.33. The predicted molar refractivity (Wildman–Crippen MR) is 65.7 cm³/mol. The Morgan fingerprint density at radius 2 is 2.27 bits per heavy atom. The summed E-state index contributed by atoms with van der Waals surface area (Å²) in [4.78, 5) is 0. The van der Waals surface area contributed by atoms with Crippen molar-refractivity contribution < 1.29 is 4.74 Å². The predicted octanol–water partition coefficient (Wildman–Crippen LogP) is 3.24. The van der Waals surface area contributed by atoms with Gasteiger partial charge in [0, 0.05) is 11.9 Å². The van der Waals surface area contributed by atoms with Crippen LogP contribution < -0.4 is 4.74 Å². The minimum atomic E-state index is 0.796. The van der Waals surface area contributed by atoms with Crippen LogP contribution in [0.25, 0.3) is 0 Å². The standard InChI is InChI=1S/C11H19BrN2O/c1-2-7-14-10-11(9-13-14)15-8-5-3-4-6-12/h9-10H,2-8H2,1H3. The SMILES string of the molecule is CCCn1cc(OCCCCCBr)cn1. The van der Waals surface area contributed by atoms with Crippen molar-refractivity contribution in [3.8, 4) is 5.75 Å². The third-order valence-corrected chi connectivity index (χ3v) is 2.67. The first kappa shape index (κ1) is 12.6. The van der Waals surface area contributed by atoms with Crippen LogP contribution in [0.15, 0.2) is 12.4 Å². The second-order valence-corrected chi connectivity index (χ2v) is 4.33. The van der Waals surface area contributed by atoms with Crippen molar-refractivity contribution in [1.82, 2.24) is 9.78 Å². The second-order valence-electron chi connectivity index (χ2n) is 3.54. The van der Waals surface area contributed by atoms with Crippen LogP contribution in [0.4, 0.5) is 0 Å². The average Bonchev–Trinajstić information content (AvgIpc) is 2.66. The Bertz CT molecular complexity index is 263. The molecule has 1 aromatic rings. The summed E-state index contributed by atoms with van der Waals surface area (Å²) in [6, 6.07) is 0. The summed E-state index contributed by atoms with van der Waals surface area (Å²) in [6.45, 7) is 3.90. The third kappa shape index (κ3) is 5.21. The smallest absolute Gasteiger partial charge is 0.157 e. The molecule has 3 nitrogen and oxygen atoms in total. The first-order chi connectivity index (χ1) is 7.36. The van der Waals surface area contributed by atoms with Gasteiger partial charge in [-0.3, -0.25) is 4.68 Å². The Hall–Kier alpha value is -0.510. The molecule has 15 heavy (non-hydrogen) atoms. The van der Waals surface area contributed by atoms with Gasteiger partial charge in [-0.05, 0) is 25.7 Å². The fraction of sp³-hybridized carbons (Fsp3) is 0.727. The Balaban J connectivity index is 2.14. The highest BCUT2D eigenvalue weighted by Gasteiger charge is 1.98. The molecule has 0 atom stereocenters. The van der Waals surface area contributed by atoms with Crippen LogP contribution in [0.3, 0.4) is 0 Å². The van der Waals surface area contributed by atoms with Crippen LogP contribution >= 0.6 is 15.9 Å². The molecule has 0 saturated carbocycles. The first-order valence-corrected chi connectivity index (χ1v) is 6.70. The molecule has 0 spiro atoms. The summed E-state index contributed by atoms with van der Waals surface area (Å²) in [5.74, 6) is 0.891. The summed E-state index contributed by atoms with van der Waals surface area (Å²) in [5, 5.41) is 5.29. The topological polar surface area (TPSA) is 27.1 Å². The first-order valence-electron chi connectivity index (χ1n) is 5.58. The highest BCUT2D eigenvalue weighted by molar-refractivity contribution is 9.09. The zero-order valence-electron chi connectivity index (χ0n) is 9.29. The number of aryl methyl sites for hydroxylation is 1. The molecule has 4 heteroatoms. The fourth-order valence-corrected chi connectivity index (χ4v) is 1.73. The zero-order chi connectivity index (χ0) is 10.9. The lowest BCUT2D eigenvalue weighted by Crippen LogP contribution is -1.97. The number of unbranched alkanes of at least 4 members (excludes halogenated alkanes) is 2. The van der Waals surface area contributed by atoms with Gasteiger partial charge in [0.1, 0.15) is 0 Å². The molecule has 0 amide bonds. The van der Waals surface area contributed by atoms with Gasteiger partial charge in [0.2, 0.25) is 0 Å². The lowest BCUT2D eigenvalue weighted by Gasteiger charge is -2.01. The van der Waals surface area contributed by atoms with Crippen LogP contribution in [0, 0.1) is 0 Å². The van der Waals surface area contributed by atoms with Crippen LogP contribution in [0.1, 0.15) is 32.6 Å². The number of halogens is 1. The molecule has 0 aliphatic rings. The number of alkyl halides is 1. The van der Waals surface area contributed by atoms with Crippen molar-refractivity contribution in [2.24, 2.45) is 0 Å². The maximum atomic E-state index is 5.58. The van der Waals surface area contributed by atoms with Crippen LogP contribution in [-0.4, -0.2) is 21.7 Å². The third-order valence-electron chi connectivity index (χ3n) is 2.11. The van der Waals surface area contributed by atoms with E-state index in [-0.39, 0.29) is 0 Å². The summed E-state index contributed by atoms with van der Waals surface area (Å²) < 4.78 is 7.51. The molecule has 1 aromatic heterocycles. The number of hydrogen-bond donors (Lipinski definition) is 0. The number of rotatable bonds is 8. The van der Waals surface area contributed by atoms with E-state index in [1.165, 1.54) is 12.8 Å². The average molecular weight is 275 g/mol. The summed E-state index contributed by atoms with van der Waals surface area (Å²) in [5.41, 5.74) is 0. The maximum Gasteiger partial charge on any atom is 0.157 e. The number of hydrogen-bond acceptors (Lipinski definition) is 2. The Morgan fingerprint density at radius 3 is 3.00 bits per heavy atom. The summed E-state index contributed by atoms with van der Waals surface area (Å²) in [6.07, 6.45) is 8.41. The Morgan fingerprint density at radius 1 is 1.40 bits per heavy atom. The molecule has 0 radical (unpaired) electrons. The van der Waals surface area contributed by atoms with Crippen molar-refractivity contribution >= 4 is 15.9 Å². The molecular formula is C11H19BrN2O. The van der Waals surface area contributed by atoms with E-state index in [9.17, 15) is 0 Å². The van der Waals surface area contributed by atoms with Crippen molar-refractivity contribution in [2.75, 3.05) is 11.9 Å². The van der Waals surface area contributed by atoms with Gasteiger partial charge in [-0.15, -0.1) is 0 Å². The molecule has 0 unspecified atom stereocenters. The minimum Gasteiger partial charge on any atom is -0.490 e. The van der Waals surface area contributed by atoms with Crippen molar-refractivity contribution in [1.29, 1.82) is 0 Å². The zero-order valence-corrected chi connectivity index (χ0v) is 10.9. The van der Waals surface area contributed by atoms with Crippen molar-refractivity contribution in [3.05, 3.63) is 12.4 Å². The highest BCUT2D eigenvalue weighted by atomic mass is 79.9. The van der Waals surface area contributed by atoms with Gasteiger partial charge >= 0.3 is 0 Å². The van der Waals surface area contributed by atoms with Gasteiger partial charge < -0.3 is 4.74 Å². The molecule has 86 valence electrons. The van der Waals surface area contributed by atoms with Crippen LogP contribution in [0.5, 0.6) is 5.75 Å². The Labute approximate surface area is 99.9 Å². The van der Waals surface area contributed by atoms with E-state index in [0.29, 0.717) is 0 Å². The lowest BCUT2D eigenvalue weighted by molar-refractivity contribution is 0.306. The van der Waals surface area contributed by atoms with E-state index in [4.69, 9.17) is 4.74 Å². The molecule has 0 bridgehead atoms. The molecule has 0 aliphatic heterocycles. The number of ether oxygens (including phenoxy) is 1. The van der Waals surface area contributed by atoms with Gasteiger partial charge in [0.25, 0.3) is 0 Å². The van der Waals surface area contributed by atoms with E-state index in [1.54, 1.807) is 6.20 Å². The van der Waals surface area contributed by atoms with Crippen LogP contribution in [-0.2, 0) is 6.54 Å².